The lowest BCUT2D eigenvalue weighted by molar-refractivity contribution is -0.167. The minimum absolute atomic E-state index is 0.0835. The molecule has 0 amide bonds. The first-order chi connectivity index (χ1) is 33.0. The van der Waals surface area contributed by atoms with Gasteiger partial charge in [0.05, 0.1) is 0 Å². The zero-order chi connectivity index (χ0) is 48.6. The quantitative estimate of drug-likeness (QED) is 0.0262. The van der Waals surface area contributed by atoms with Crippen molar-refractivity contribution in [1.82, 2.24) is 0 Å². The van der Waals surface area contributed by atoms with Gasteiger partial charge in [0.1, 0.15) is 13.2 Å². The number of carbonyl (C=O) groups excluding carboxylic acids is 3. The maximum atomic E-state index is 12.8. The van der Waals surface area contributed by atoms with Crippen LogP contribution in [0.25, 0.3) is 0 Å². The van der Waals surface area contributed by atoms with Crippen molar-refractivity contribution in [3.05, 3.63) is 60.8 Å². The van der Waals surface area contributed by atoms with Crippen LogP contribution in [-0.2, 0) is 28.6 Å². The monoisotopic (exact) mass is 937 g/mol. The first-order valence-electron chi connectivity index (χ1n) is 28.8. The van der Waals surface area contributed by atoms with Crippen molar-refractivity contribution in [2.24, 2.45) is 0 Å². The van der Waals surface area contributed by atoms with Gasteiger partial charge in [-0.3, -0.25) is 14.4 Å². The van der Waals surface area contributed by atoms with Crippen LogP contribution in [0.5, 0.6) is 0 Å². The number of allylic oxidation sites excluding steroid dienone is 10. The molecule has 0 radical (unpaired) electrons. The molecule has 0 fully saturated rings. The van der Waals surface area contributed by atoms with Crippen molar-refractivity contribution >= 4 is 17.9 Å². The van der Waals surface area contributed by atoms with E-state index in [2.05, 4.69) is 81.5 Å². The van der Waals surface area contributed by atoms with Gasteiger partial charge in [0.2, 0.25) is 0 Å². The summed E-state index contributed by atoms with van der Waals surface area (Å²) >= 11 is 0. The molecule has 0 saturated heterocycles. The molecule has 0 bridgehead atoms. The highest BCUT2D eigenvalue weighted by molar-refractivity contribution is 5.71. The van der Waals surface area contributed by atoms with Gasteiger partial charge in [0.15, 0.2) is 6.10 Å². The van der Waals surface area contributed by atoms with E-state index < -0.39 is 6.10 Å². The standard InChI is InChI=1S/C61H108O6/c1-4-7-10-13-16-19-22-25-28-31-34-36-39-42-45-48-51-54-60(63)66-57-58(67-61(64)55-52-49-46-43-40-37-33-30-27-24-21-18-15-12-9-6-3)56-65-59(62)53-50-47-44-41-38-35-32-29-26-23-20-17-14-11-8-5-2/h9,12,18,21,25,27-30,32,58H,4-8,10-11,13-17,19-20,22-24,26,31,33-57H2,1-3H3/b12-9-,21-18-,28-25-,30-27-,32-29-. The Hall–Kier alpha value is -2.89. The predicted octanol–water partition coefficient (Wildman–Crippen LogP) is 19.2. The highest BCUT2D eigenvalue weighted by atomic mass is 16.6. The molecule has 0 aliphatic rings. The second kappa shape index (κ2) is 55.7. The van der Waals surface area contributed by atoms with Gasteiger partial charge in [-0.25, -0.2) is 0 Å². The SMILES string of the molecule is CC/C=C\C/C=C\C/C=C\CCCCCCCCC(=O)OC(COC(=O)CCCCCCC/C=C\CCCCCCCCC)COC(=O)CCCCCCCCC/C=C\CCCCCCCC. The Bertz CT molecular complexity index is 1210. The van der Waals surface area contributed by atoms with Crippen LogP contribution in [0, 0.1) is 0 Å². The molecule has 0 aromatic rings. The van der Waals surface area contributed by atoms with Crippen molar-refractivity contribution < 1.29 is 28.6 Å². The summed E-state index contributed by atoms with van der Waals surface area (Å²) in [6, 6.07) is 0. The summed E-state index contributed by atoms with van der Waals surface area (Å²) in [4.78, 5) is 38.2. The number of hydrogen-bond acceptors (Lipinski definition) is 6. The van der Waals surface area contributed by atoms with E-state index in [1.807, 2.05) is 0 Å². The van der Waals surface area contributed by atoms with E-state index in [4.69, 9.17) is 14.2 Å². The van der Waals surface area contributed by atoms with Gasteiger partial charge in [-0.05, 0) is 103 Å². The Morgan fingerprint density at radius 1 is 0.313 bits per heavy atom. The summed E-state index contributed by atoms with van der Waals surface area (Å²) in [5.41, 5.74) is 0. The summed E-state index contributed by atoms with van der Waals surface area (Å²) < 4.78 is 16.9. The van der Waals surface area contributed by atoms with E-state index in [0.29, 0.717) is 19.3 Å². The van der Waals surface area contributed by atoms with Gasteiger partial charge in [-0.1, -0.05) is 229 Å². The van der Waals surface area contributed by atoms with Crippen molar-refractivity contribution in [2.75, 3.05) is 13.2 Å². The third-order valence-electron chi connectivity index (χ3n) is 12.5. The highest BCUT2D eigenvalue weighted by Crippen LogP contribution is 2.15. The zero-order valence-electron chi connectivity index (χ0n) is 44.4. The van der Waals surface area contributed by atoms with Gasteiger partial charge in [0, 0.05) is 19.3 Å². The van der Waals surface area contributed by atoms with E-state index in [9.17, 15) is 14.4 Å². The molecule has 6 heteroatoms. The second-order valence-corrected chi connectivity index (χ2v) is 19.2. The lowest BCUT2D eigenvalue weighted by atomic mass is 10.1. The molecule has 0 aliphatic carbocycles. The lowest BCUT2D eigenvalue weighted by Crippen LogP contribution is -2.30. The Labute approximate surface area is 415 Å². The summed E-state index contributed by atoms with van der Waals surface area (Å²) in [5, 5.41) is 0. The molecule has 388 valence electrons. The van der Waals surface area contributed by atoms with Crippen LogP contribution >= 0.6 is 0 Å². The van der Waals surface area contributed by atoms with Gasteiger partial charge < -0.3 is 14.2 Å². The molecule has 0 rings (SSSR count). The number of hydrogen-bond donors (Lipinski definition) is 0. The third-order valence-corrected chi connectivity index (χ3v) is 12.5. The van der Waals surface area contributed by atoms with Gasteiger partial charge in [-0.2, -0.15) is 0 Å². The van der Waals surface area contributed by atoms with Gasteiger partial charge in [0.25, 0.3) is 0 Å². The maximum absolute atomic E-state index is 12.8. The van der Waals surface area contributed by atoms with E-state index in [-0.39, 0.29) is 31.1 Å². The molecule has 0 aliphatic heterocycles. The minimum atomic E-state index is -0.786. The molecule has 0 aromatic heterocycles. The molecule has 1 unspecified atom stereocenters. The lowest BCUT2D eigenvalue weighted by Gasteiger charge is -2.18. The number of carbonyl (C=O) groups is 3. The molecule has 0 N–H and O–H groups in total. The average molecular weight is 938 g/mol. The van der Waals surface area contributed by atoms with Crippen LogP contribution in [0.1, 0.15) is 290 Å². The number of esters is 3. The van der Waals surface area contributed by atoms with E-state index in [1.54, 1.807) is 0 Å². The summed E-state index contributed by atoms with van der Waals surface area (Å²) in [6.45, 7) is 6.53. The topological polar surface area (TPSA) is 78.9 Å². The largest absolute Gasteiger partial charge is 0.462 e. The smallest absolute Gasteiger partial charge is 0.306 e. The summed E-state index contributed by atoms with van der Waals surface area (Å²) in [6.07, 6.45) is 69.2. The van der Waals surface area contributed by atoms with Crippen molar-refractivity contribution in [3.63, 3.8) is 0 Å². The molecule has 0 saturated carbocycles. The summed E-state index contributed by atoms with van der Waals surface area (Å²) in [5.74, 6) is -0.899. The predicted molar refractivity (Wildman–Crippen MR) is 288 cm³/mol. The Morgan fingerprint density at radius 3 is 0.925 bits per heavy atom. The fraction of sp³-hybridized carbons (Fsp3) is 0.787. The average Bonchev–Trinajstić information content (AvgIpc) is 3.33. The molecule has 0 aromatic carbocycles. The Kier molecular flexibility index (Phi) is 53.3. The third kappa shape index (κ3) is 53.9. The van der Waals surface area contributed by atoms with E-state index >= 15 is 0 Å². The Balaban J connectivity index is 4.40. The van der Waals surface area contributed by atoms with Crippen LogP contribution in [0.4, 0.5) is 0 Å². The molecule has 1 atom stereocenters. The van der Waals surface area contributed by atoms with E-state index in [0.717, 1.165) is 96.3 Å². The van der Waals surface area contributed by atoms with Crippen molar-refractivity contribution in [3.8, 4) is 0 Å². The minimum Gasteiger partial charge on any atom is -0.462 e. The van der Waals surface area contributed by atoms with Crippen molar-refractivity contribution in [1.29, 1.82) is 0 Å². The number of unbranched alkanes of at least 4 members (excludes halogenated alkanes) is 31. The molecular formula is C61H108O6. The first-order valence-corrected chi connectivity index (χ1v) is 28.8. The molecule has 67 heavy (non-hydrogen) atoms. The highest BCUT2D eigenvalue weighted by Gasteiger charge is 2.19. The molecule has 6 nitrogen and oxygen atoms in total. The maximum Gasteiger partial charge on any atom is 0.306 e. The van der Waals surface area contributed by atoms with Crippen LogP contribution in [-0.4, -0.2) is 37.2 Å². The Morgan fingerprint density at radius 2 is 0.582 bits per heavy atom. The fourth-order valence-corrected chi connectivity index (χ4v) is 8.15. The fourth-order valence-electron chi connectivity index (χ4n) is 8.15. The van der Waals surface area contributed by atoms with Crippen LogP contribution in [0.3, 0.4) is 0 Å². The normalized spacial score (nSPS) is 12.5. The second-order valence-electron chi connectivity index (χ2n) is 19.2. The zero-order valence-corrected chi connectivity index (χ0v) is 44.4. The van der Waals surface area contributed by atoms with Crippen LogP contribution < -0.4 is 0 Å². The molecule has 0 heterocycles. The molecule has 0 spiro atoms. The van der Waals surface area contributed by atoms with Gasteiger partial charge in [-0.15, -0.1) is 0 Å². The van der Waals surface area contributed by atoms with E-state index in [1.165, 1.54) is 154 Å². The molecular weight excluding hydrogens is 829 g/mol. The van der Waals surface area contributed by atoms with Crippen molar-refractivity contribution in [2.45, 2.75) is 297 Å². The summed E-state index contributed by atoms with van der Waals surface area (Å²) in [7, 11) is 0. The van der Waals surface area contributed by atoms with Gasteiger partial charge >= 0.3 is 17.9 Å². The van der Waals surface area contributed by atoms with Crippen LogP contribution in [0.15, 0.2) is 60.8 Å². The first kappa shape index (κ1) is 64.1. The number of rotatable bonds is 52. The van der Waals surface area contributed by atoms with Crippen LogP contribution in [0.2, 0.25) is 0 Å². The number of ether oxygens (including phenoxy) is 3.